The fourth-order valence-electron chi connectivity index (χ4n) is 5.78. The van der Waals surface area contributed by atoms with Crippen molar-refractivity contribution in [2.45, 2.75) is 62.4 Å². The smallest absolute Gasteiger partial charge is 0.408 e. The van der Waals surface area contributed by atoms with Gasteiger partial charge in [0, 0.05) is 35.2 Å². The van der Waals surface area contributed by atoms with E-state index in [-0.39, 0.29) is 37.7 Å². The topological polar surface area (TPSA) is 144 Å². The first-order valence-electron chi connectivity index (χ1n) is 16.2. The number of carbonyl (C=O) groups excluding carboxylic acids is 4. The third-order valence-electron chi connectivity index (χ3n) is 8.28. The van der Waals surface area contributed by atoms with Crippen molar-refractivity contribution in [3.8, 4) is 0 Å². The van der Waals surface area contributed by atoms with Crippen LogP contribution in [0.25, 0.3) is 0 Å². The standard InChI is InChI=1S/C38H37N3O8S/c1-24(43)39-29-14-16-32(17-15-29)50-23-31-19-34(27-12-10-25(21-42)11-13-27)49-37(48-31)28-8-5-9-30(18-28)41-35(44)20-33(36(41)45)40-38(46)47-22-26-6-3-2-4-7-26/h2-18,31,33-34,37,42H,19-23H2,1H3,(H,39,43)(H,40,46)/t31-,33?,34+,37+/m0/s1. The summed E-state index contributed by atoms with van der Waals surface area (Å²) < 4.78 is 18.2. The number of hydrogen-bond donors (Lipinski definition) is 3. The Morgan fingerprint density at radius 2 is 1.66 bits per heavy atom. The van der Waals surface area contributed by atoms with Crippen LogP contribution in [0.4, 0.5) is 16.2 Å². The summed E-state index contributed by atoms with van der Waals surface area (Å²) >= 11 is 1.62. The highest BCUT2D eigenvalue weighted by Crippen LogP contribution is 2.40. The number of anilines is 2. The van der Waals surface area contributed by atoms with Crippen molar-refractivity contribution < 1.29 is 38.5 Å². The Morgan fingerprint density at radius 1 is 0.900 bits per heavy atom. The van der Waals surface area contributed by atoms with Gasteiger partial charge in [0.2, 0.25) is 11.8 Å². The molecule has 0 spiro atoms. The summed E-state index contributed by atoms with van der Waals surface area (Å²) in [5.74, 6) is -0.536. The van der Waals surface area contributed by atoms with Crippen LogP contribution in [0.1, 0.15) is 54.4 Å². The van der Waals surface area contributed by atoms with E-state index in [2.05, 4.69) is 10.6 Å². The Bertz CT molecular complexity index is 1820. The molecular formula is C38H37N3O8S. The molecule has 0 aromatic heterocycles. The van der Waals surface area contributed by atoms with E-state index in [1.807, 2.05) is 84.9 Å². The van der Waals surface area contributed by atoms with Crippen LogP contribution >= 0.6 is 11.8 Å². The largest absolute Gasteiger partial charge is 0.445 e. The number of benzene rings is 4. The van der Waals surface area contributed by atoms with E-state index >= 15 is 0 Å². The van der Waals surface area contributed by atoms with Gasteiger partial charge in [0.25, 0.3) is 5.91 Å². The van der Waals surface area contributed by atoms with Gasteiger partial charge in [-0.15, -0.1) is 11.8 Å². The summed E-state index contributed by atoms with van der Waals surface area (Å²) in [6, 6.07) is 30.1. The molecule has 4 aromatic rings. The zero-order valence-corrected chi connectivity index (χ0v) is 28.1. The number of ether oxygens (including phenoxy) is 3. The quantitative estimate of drug-likeness (QED) is 0.127. The van der Waals surface area contributed by atoms with E-state index in [4.69, 9.17) is 14.2 Å². The molecule has 4 amide bonds. The lowest BCUT2D eigenvalue weighted by molar-refractivity contribution is -0.245. The number of alkyl carbamates (subject to hydrolysis) is 1. The molecule has 2 aliphatic heterocycles. The molecule has 3 N–H and O–H groups in total. The molecule has 0 saturated carbocycles. The van der Waals surface area contributed by atoms with E-state index in [0.29, 0.717) is 23.4 Å². The Balaban J connectivity index is 1.15. The first kappa shape index (κ1) is 34.8. The predicted molar refractivity (Wildman–Crippen MR) is 187 cm³/mol. The zero-order valence-electron chi connectivity index (χ0n) is 27.3. The van der Waals surface area contributed by atoms with E-state index in [1.165, 1.54) is 6.92 Å². The Kier molecular flexibility index (Phi) is 11.2. The molecule has 4 aromatic carbocycles. The lowest BCUT2D eigenvalue weighted by Crippen LogP contribution is -2.42. The van der Waals surface area contributed by atoms with Gasteiger partial charge in [0.15, 0.2) is 6.29 Å². The van der Waals surface area contributed by atoms with E-state index in [9.17, 15) is 24.3 Å². The molecule has 1 unspecified atom stereocenters. The van der Waals surface area contributed by atoms with Crippen LogP contribution in [0.2, 0.25) is 0 Å². The number of aliphatic hydroxyl groups excluding tert-OH is 1. The van der Waals surface area contributed by atoms with E-state index in [1.54, 1.807) is 30.0 Å². The van der Waals surface area contributed by atoms with Crippen molar-refractivity contribution in [1.29, 1.82) is 0 Å². The fourth-order valence-corrected chi connectivity index (χ4v) is 6.70. The molecule has 50 heavy (non-hydrogen) atoms. The maximum atomic E-state index is 13.4. The molecule has 6 rings (SSSR count). The number of imide groups is 1. The van der Waals surface area contributed by atoms with Crippen molar-refractivity contribution in [1.82, 2.24) is 5.32 Å². The van der Waals surface area contributed by atoms with Crippen molar-refractivity contribution in [3.63, 3.8) is 0 Å². The number of nitrogens with one attached hydrogen (secondary N) is 2. The first-order chi connectivity index (χ1) is 24.2. The lowest BCUT2D eigenvalue weighted by atomic mass is 10.0. The second kappa shape index (κ2) is 16.1. The Hall–Kier alpha value is -5.01. The van der Waals surface area contributed by atoms with Crippen LogP contribution in [-0.2, 0) is 41.8 Å². The number of rotatable bonds is 11. The van der Waals surface area contributed by atoms with Crippen molar-refractivity contribution in [3.05, 3.63) is 125 Å². The number of hydrogen-bond acceptors (Lipinski definition) is 9. The first-order valence-corrected chi connectivity index (χ1v) is 17.2. The molecule has 0 aliphatic carbocycles. The number of aliphatic hydroxyl groups is 1. The molecule has 0 radical (unpaired) electrons. The van der Waals surface area contributed by atoms with Gasteiger partial charge in [0.05, 0.1) is 30.9 Å². The van der Waals surface area contributed by atoms with Crippen molar-refractivity contribution in [2.75, 3.05) is 16.0 Å². The zero-order chi connectivity index (χ0) is 35.0. The van der Waals surface area contributed by atoms with Crippen LogP contribution in [0.15, 0.2) is 108 Å². The maximum absolute atomic E-state index is 13.4. The monoisotopic (exact) mass is 695 g/mol. The molecule has 2 saturated heterocycles. The highest BCUT2D eigenvalue weighted by atomic mass is 32.2. The molecule has 12 heteroatoms. The summed E-state index contributed by atoms with van der Waals surface area (Å²) in [6.45, 7) is 1.43. The molecule has 2 heterocycles. The fraction of sp³-hybridized carbons (Fsp3) is 0.263. The average Bonchev–Trinajstić information content (AvgIpc) is 3.41. The lowest BCUT2D eigenvalue weighted by Gasteiger charge is -2.36. The van der Waals surface area contributed by atoms with Gasteiger partial charge in [-0.05, 0) is 53.1 Å². The number of thioether (sulfide) groups is 1. The summed E-state index contributed by atoms with van der Waals surface area (Å²) in [7, 11) is 0. The van der Waals surface area contributed by atoms with E-state index < -0.39 is 30.2 Å². The number of amides is 4. The number of nitrogens with zero attached hydrogens (tertiary/aromatic N) is 1. The normalized spacial score (nSPS) is 20.4. The second-order valence-electron chi connectivity index (χ2n) is 12.0. The predicted octanol–water partition coefficient (Wildman–Crippen LogP) is 6.03. The van der Waals surface area contributed by atoms with Gasteiger partial charge >= 0.3 is 6.09 Å². The summed E-state index contributed by atoms with van der Waals surface area (Å²) in [4.78, 5) is 52.4. The van der Waals surface area contributed by atoms with Crippen molar-refractivity contribution >= 4 is 47.0 Å². The Morgan fingerprint density at radius 3 is 2.38 bits per heavy atom. The van der Waals surface area contributed by atoms with Gasteiger partial charge < -0.3 is 30.0 Å². The highest BCUT2D eigenvalue weighted by molar-refractivity contribution is 7.99. The van der Waals surface area contributed by atoms with Gasteiger partial charge in [-0.3, -0.25) is 14.4 Å². The summed E-state index contributed by atoms with van der Waals surface area (Å²) in [5.41, 5.74) is 4.19. The second-order valence-corrected chi connectivity index (χ2v) is 13.1. The molecule has 258 valence electrons. The van der Waals surface area contributed by atoms with Crippen LogP contribution in [0.3, 0.4) is 0 Å². The third kappa shape index (κ3) is 8.77. The third-order valence-corrected chi connectivity index (χ3v) is 9.42. The van der Waals surface area contributed by atoms with Crippen molar-refractivity contribution in [2.24, 2.45) is 0 Å². The van der Waals surface area contributed by atoms with Crippen LogP contribution < -0.4 is 15.5 Å². The molecule has 4 atom stereocenters. The average molecular weight is 696 g/mol. The van der Waals surface area contributed by atoms with Gasteiger partial charge in [-0.25, -0.2) is 9.69 Å². The van der Waals surface area contributed by atoms with Crippen LogP contribution in [0.5, 0.6) is 0 Å². The molecule has 2 aliphatic rings. The molecule has 11 nitrogen and oxygen atoms in total. The summed E-state index contributed by atoms with van der Waals surface area (Å²) in [5, 5.41) is 14.8. The van der Waals surface area contributed by atoms with Crippen LogP contribution in [0, 0.1) is 0 Å². The minimum Gasteiger partial charge on any atom is -0.445 e. The molecule has 0 bridgehead atoms. The maximum Gasteiger partial charge on any atom is 0.408 e. The Labute approximate surface area is 293 Å². The molecule has 2 fully saturated rings. The highest BCUT2D eigenvalue weighted by Gasteiger charge is 2.41. The molecular weight excluding hydrogens is 658 g/mol. The van der Waals surface area contributed by atoms with Gasteiger partial charge in [-0.1, -0.05) is 66.7 Å². The minimum atomic E-state index is -1.06. The van der Waals surface area contributed by atoms with Gasteiger partial charge in [0.1, 0.15) is 12.6 Å². The summed E-state index contributed by atoms with van der Waals surface area (Å²) in [6.07, 6.45) is -1.79. The van der Waals surface area contributed by atoms with Crippen LogP contribution in [-0.4, -0.2) is 46.8 Å². The number of carbonyl (C=O) groups is 4. The SMILES string of the molecule is CC(=O)Nc1ccc(SC[C@@H]2C[C@H](c3ccc(CO)cc3)O[C@H](c3cccc(N4C(=O)CC(NC(=O)OCc5ccccc5)C4=O)c3)O2)cc1. The van der Waals surface area contributed by atoms with E-state index in [0.717, 1.165) is 32.2 Å². The van der Waals surface area contributed by atoms with Gasteiger partial charge in [-0.2, -0.15) is 0 Å². The minimum absolute atomic E-state index is 0.0334.